The fraction of sp³-hybridized carbons (Fsp3) is 0.107. The van der Waals surface area contributed by atoms with Crippen molar-refractivity contribution in [2.75, 3.05) is 0 Å². The molecule has 0 aliphatic rings. The van der Waals surface area contributed by atoms with E-state index in [1.807, 2.05) is 11.3 Å². The molecule has 1 nitrogen and oxygen atoms in total. The molecule has 0 aliphatic carbocycles. The molecule has 2 heterocycles. The molecule has 2 heteroatoms. The maximum atomic E-state index is 5.20. The number of aromatic nitrogens is 1. The van der Waals surface area contributed by atoms with Crippen molar-refractivity contribution in [3.05, 3.63) is 90.5 Å². The van der Waals surface area contributed by atoms with E-state index in [2.05, 4.69) is 98.8 Å². The Labute approximate surface area is 179 Å². The van der Waals surface area contributed by atoms with Gasteiger partial charge < -0.3 is 0 Å². The van der Waals surface area contributed by atoms with Crippen molar-refractivity contribution in [1.82, 2.24) is 4.98 Å². The molecule has 0 fully saturated rings. The minimum absolute atomic E-state index is 0.488. The van der Waals surface area contributed by atoms with Crippen molar-refractivity contribution in [3.63, 3.8) is 0 Å². The Morgan fingerprint density at radius 1 is 0.667 bits per heavy atom. The first-order valence-corrected chi connectivity index (χ1v) is 11.3. The Morgan fingerprint density at radius 3 is 2.23 bits per heavy atom. The van der Waals surface area contributed by atoms with Crippen LogP contribution < -0.4 is 0 Å². The van der Waals surface area contributed by atoms with E-state index in [9.17, 15) is 0 Å². The van der Waals surface area contributed by atoms with Crippen LogP contribution in [-0.2, 0) is 0 Å². The van der Waals surface area contributed by atoms with Gasteiger partial charge in [0.25, 0.3) is 0 Å². The lowest BCUT2D eigenvalue weighted by molar-refractivity contribution is 0.878. The monoisotopic (exact) mass is 403 g/mol. The largest absolute Gasteiger partial charge is 0.246 e. The third-order valence-electron chi connectivity index (χ3n) is 6.03. The summed E-state index contributed by atoms with van der Waals surface area (Å²) >= 11 is 1.90. The summed E-state index contributed by atoms with van der Waals surface area (Å²) in [6.07, 6.45) is 0. The molecule has 30 heavy (non-hydrogen) atoms. The quantitative estimate of drug-likeness (QED) is 0.282. The number of pyridine rings is 1. The average Bonchev–Trinajstić information content (AvgIpc) is 3.18. The second-order valence-electron chi connectivity index (χ2n) is 8.19. The van der Waals surface area contributed by atoms with Gasteiger partial charge in [-0.2, -0.15) is 0 Å². The van der Waals surface area contributed by atoms with E-state index >= 15 is 0 Å². The van der Waals surface area contributed by atoms with Gasteiger partial charge in [-0.05, 0) is 28.3 Å². The summed E-state index contributed by atoms with van der Waals surface area (Å²) in [4.78, 5) is 5.20. The molecule has 0 unspecified atom stereocenters. The third-order valence-corrected chi connectivity index (χ3v) is 7.29. The fourth-order valence-corrected chi connectivity index (χ4v) is 6.08. The molecular formula is C28H21NS. The first-order chi connectivity index (χ1) is 14.7. The molecule has 0 aliphatic heterocycles. The van der Waals surface area contributed by atoms with Crippen LogP contribution in [0.2, 0.25) is 0 Å². The minimum atomic E-state index is 0.488. The van der Waals surface area contributed by atoms with Crippen LogP contribution in [-0.4, -0.2) is 4.98 Å². The maximum absolute atomic E-state index is 5.20. The van der Waals surface area contributed by atoms with E-state index in [4.69, 9.17) is 4.98 Å². The molecule has 0 bridgehead atoms. The number of hydrogen-bond acceptors (Lipinski definition) is 2. The van der Waals surface area contributed by atoms with E-state index in [1.165, 1.54) is 47.5 Å². The summed E-state index contributed by atoms with van der Waals surface area (Å²) in [6.45, 7) is 4.56. The van der Waals surface area contributed by atoms with E-state index < -0.39 is 0 Å². The number of para-hydroxylation sites is 1. The van der Waals surface area contributed by atoms with Crippen LogP contribution in [0.5, 0.6) is 0 Å². The molecule has 0 amide bonds. The number of hydrogen-bond donors (Lipinski definition) is 0. The van der Waals surface area contributed by atoms with Crippen LogP contribution >= 0.6 is 11.3 Å². The highest BCUT2D eigenvalue weighted by atomic mass is 32.1. The zero-order valence-corrected chi connectivity index (χ0v) is 17.8. The van der Waals surface area contributed by atoms with Crippen LogP contribution in [0.15, 0.2) is 84.9 Å². The summed E-state index contributed by atoms with van der Waals surface area (Å²) in [6, 6.07) is 30.5. The lowest BCUT2D eigenvalue weighted by atomic mass is 9.97. The molecule has 4 aromatic carbocycles. The summed E-state index contributed by atoms with van der Waals surface area (Å²) in [5.74, 6) is 0.488. The molecule has 6 rings (SSSR count). The Hall–Kier alpha value is -3.23. The molecule has 0 atom stereocenters. The Bertz CT molecular complexity index is 1570. The highest BCUT2D eigenvalue weighted by molar-refractivity contribution is 7.26. The van der Waals surface area contributed by atoms with Crippen LogP contribution in [0, 0.1) is 0 Å². The van der Waals surface area contributed by atoms with Gasteiger partial charge in [0.05, 0.1) is 15.9 Å². The van der Waals surface area contributed by atoms with Crippen LogP contribution in [0.1, 0.15) is 25.3 Å². The number of rotatable bonds is 2. The van der Waals surface area contributed by atoms with Crippen LogP contribution in [0.25, 0.3) is 53.1 Å². The highest BCUT2D eigenvalue weighted by Gasteiger charge is 2.19. The summed E-state index contributed by atoms with van der Waals surface area (Å²) in [5, 5.41) is 6.43. The van der Waals surface area contributed by atoms with Gasteiger partial charge in [0.2, 0.25) is 0 Å². The predicted molar refractivity (Wildman–Crippen MR) is 132 cm³/mol. The predicted octanol–water partition coefficient (Wildman–Crippen LogP) is 8.55. The summed E-state index contributed by atoms with van der Waals surface area (Å²) < 4.78 is 2.68. The smallest absolute Gasteiger partial charge is 0.0894 e. The first kappa shape index (κ1) is 17.6. The Balaban J connectivity index is 1.85. The number of thiophene rings is 1. The summed E-state index contributed by atoms with van der Waals surface area (Å²) in [7, 11) is 0. The fourth-order valence-electron chi connectivity index (χ4n) is 4.60. The van der Waals surface area contributed by atoms with E-state index in [1.54, 1.807) is 0 Å². The molecule has 2 aromatic heterocycles. The van der Waals surface area contributed by atoms with Crippen molar-refractivity contribution in [2.24, 2.45) is 0 Å². The van der Waals surface area contributed by atoms with Gasteiger partial charge >= 0.3 is 0 Å². The van der Waals surface area contributed by atoms with Gasteiger partial charge in [0.1, 0.15) is 0 Å². The number of nitrogens with zero attached hydrogens (tertiary/aromatic N) is 1. The highest BCUT2D eigenvalue weighted by Crippen LogP contribution is 2.45. The normalized spacial score (nSPS) is 12.0. The Kier molecular flexibility index (Phi) is 3.90. The Morgan fingerprint density at radius 2 is 1.37 bits per heavy atom. The van der Waals surface area contributed by atoms with Crippen LogP contribution in [0.4, 0.5) is 0 Å². The zero-order chi connectivity index (χ0) is 20.2. The zero-order valence-electron chi connectivity index (χ0n) is 17.0. The lowest BCUT2D eigenvalue weighted by Crippen LogP contribution is -1.88. The minimum Gasteiger partial charge on any atom is -0.246 e. The lowest BCUT2D eigenvalue weighted by Gasteiger charge is -2.10. The van der Waals surface area contributed by atoms with Gasteiger partial charge in [0.15, 0.2) is 0 Å². The van der Waals surface area contributed by atoms with Crippen molar-refractivity contribution < 1.29 is 0 Å². The van der Waals surface area contributed by atoms with E-state index in [-0.39, 0.29) is 0 Å². The molecule has 0 saturated heterocycles. The third kappa shape index (κ3) is 2.50. The van der Waals surface area contributed by atoms with Crippen LogP contribution in [0.3, 0.4) is 0 Å². The SMILES string of the molecule is CC(C)c1cccc2c1sc1c(-c3cccc4ccccc34)nc3ccccc3c12. The molecule has 144 valence electrons. The van der Waals surface area contributed by atoms with E-state index in [0.717, 1.165) is 11.2 Å². The molecule has 0 saturated carbocycles. The van der Waals surface area contributed by atoms with Crippen molar-refractivity contribution in [2.45, 2.75) is 19.8 Å². The van der Waals surface area contributed by atoms with Crippen molar-refractivity contribution >= 4 is 53.2 Å². The average molecular weight is 404 g/mol. The molecular weight excluding hydrogens is 382 g/mol. The summed E-state index contributed by atoms with van der Waals surface area (Å²) in [5.41, 5.74) is 4.78. The van der Waals surface area contributed by atoms with E-state index in [0.29, 0.717) is 5.92 Å². The molecule has 0 radical (unpaired) electrons. The molecule has 0 spiro atoms. The van der Waals surface area contributed by atoms with Crippen molar-refractivity contribution in [3.8, 4) is 11.3 Å². The van der Waals surface area contributed by atoms with Gasteiger partial charge in [-0.25, -0.2) is 4.98 Å². The van der Waals surface area contributed by atoms with Crippen molar-refractivity contribution in [1.29, 1.82) is 0 Å². The second-order valence-corrected chi connectivity index (χ2v) is 9.21. The second kappa shape index (κ2) is 6.65. The topological polar surface area (TPSA) is 12.9 Å². The van der Waals surface area contributed by atoms with Gasteiger partial charge in [0, 0.05) is 26.4 Å². The standard InChI is InChI=1S/C28H21NS/c1-17(2)19-13-8-15-23-25-22-12-5-6-16-24(22)29-26(28(25)30-27(19)23)21-14-7-10-18-9-3-4-11-20(18)21/h3-17H,1-2H3. The maximum Gasteiger partial charge on any atom is 0.0894 e. The number of fused-ring (bicyclic) bond motifs is 6. The van der Waals surface area contributed by atoms with Gasteiger partial charge in [-0.3, -0.25) is 0 Å². The molecule has 6 aromatic rings. The first-order valence-electron chi connectivity index (χ1n) is 10.4. The number of benzene rings is 4. The van der Waals surface area contributed by atoms with Gasteiger partial charge in [-0.15, -0.1) is 11.3 Å². The molecule has 0 N–H and O–H groups in total. The van der Waals surface area contributed by atoms with Gasteiger partial charge in [-0.1, -0.05) is 92.7 Å².